The fourth-order valence-corrected chi connectivity index (χ4v) is 6.13. The first-order chi connectivity index (χ1) is 17.4. The van der Waals surface area contributed by atoms with Crippen molar-refractivity contribution in [1.29, 1.82) is 0 Å². The normalized spacial score (nSPS) is 11.5. The lowest BCUT2D eigenvalue weighted by atomic mass is 10.0. The van der Waals surface area contributed by atoms with E-state index in [-0.39, 0.29) is 5.91 Å². The molecule has 0 fully saturated rings. The highest BCUT2D eigenvalue weighted by Crippen LogP contribution is 2.38. The van der Waals surface area contributed by atoms with E-state index in [0.717, 1.165) is 36.4 Å². The topological polar surface area (TPSA) is 59.8 Å². The Balaban J connectivity index is 1.53. The molecular formula is C29H26N4OS2. The molecule has 0 aliphatic carbocycles. The first kappa shape index (κ1) is 24.2. The molecule has 1 N–H and O–H groups in total. The average molecular weight is 511 g/mol. The number of hydrogen-bond acceptors (Lipinski definition) is 5. The van der Waals surface area contributed by atoms with Gasteiger partial charge in [-0.05, 0) is 50.2 Å². The fraction of sp³-hybridized carbons (Fsp3) is 0.138. The largest absolute Gasteiger partial charge is 0.340 e. The monoisotopic (exact) mass is 510 g/mol. The third-order valence-corrected chi connectivity index (χ3v) is 7.89. The van der Waals surface area contributed by atoms with Crippen LogP contribution in [0.5, 0.6) is 0 Å². The number of rotatable bonds is 7. The minimum atomic E-state index is -0.711. The van der Waals surface area contributed by atoms with Crippen LogP contribution >= 0.6 is 23.5 Å². The van der Waals surface area contributed by atoms with Crippen molar-refractivity contribution in [2.45, 2.75) is 39.0 Å². The van der Waals surface area contributed by atoms with Crippen molar-refractivity contribution in [3.8, 4) is 0 Å². The first-order valence-electron chi connectivity index (χ1n) is 11.6. The van der Waals surface area contributed by atoms with Crippen molar-refractivity contribution in [3.63, 3.8) is 0 Å². The van der Waals surface area contributed by atoms with Crippen LogP contribution in [0.25, 0.3) is 11.0 Å². The first-order valence-corrected chi connectivity index (χ1v) is 13.2. The second kappa shape index (κ2) is 10.2. The minimum absolute atomic E-state index is 0.161. The zero-order valence-electron chi connectivity index (χ0n) is 20.3. The van der Waals surface area contributed by atoms with E-state index in [9.17, 15) is 4.79 Å². The van der Waals surface area contributed by atoms with Gasteiger partial charge >= 0.3 is 0 Å². The predicted octanol–water partition coefficient (Wildman–Crippen LogP) is 6.94. The van der Waals surface area contributed by atoms with Crippen LogP contribution < -0.4 is 5.32 Å². The number of aryl methyl sites for hydroxylation is 1. The molecule has 36 heavy (non-hydrogen) atoms. The van der Waals surface area contributed by atoms with E-state index >= 15 is 0 Å². The molecule has 0 saturated carbocycles. The van der Waals surface area contributed by atoms with Crippen molar-refractivity contribution in [1.82, 2.24) is 19.9 Å². The Hall–Kier alpha value is -3.55. The van der Waals surface area contributed by atoms with Crippen molar-refractivity contribution >= 4 is 40.5 Å². The maximum absolute atomic E-state index is 14.0. The molecule has 2 heterocycles. The van der Waals surface area contributed by atoms with Gasteiger partial charge in [-0.2, -0.15) is 0 Å². The number of benzene rings is 3. The van der Waals surface area contributed by atoms with Gasteiger partial charge < -0.3 is 9.88 Å². The van der Waals surface area contributed by atoms with Gasteiger partial charge in [0.2, 0.25) is 0 Å². The van der Waals surface area contributed by atoms with E-state index in [1.807, 2.05) is 110 Å². The lowest BCUT2D eigenvalue weighted by Gasteiger charge is -2.27. The molecule has 0 aliphatic rings. The van der Waals surface area contributed by atoms with Gasteiger partial charge in [0.1, 0.15) is 5.82 Å². The number of carbonyl (C=O) groups is 1. The highest BCUT2D eigenvalue weighted by Gasteiger charge is 2.31. The number of hydrogen-bond donors (Lipinski definition) is 1. The number of fused-ring (bicyclic) bond motifs is 1. The quantitative estimate of drug-likeness (QED) is 0.257. The van der Waals surface area contributed by atoms with Gasteiger partial charge in [0.05, 0.1) is 22.1 Å². The summed E-state index contributed by atoms with van der Waals surface area (Å²) in [5.74, 6) is 0.631. The Morgan fingerprint density at radius 1 is 0.806 bits per heavy atom. The van der Waals surface area contributed by atoms with Gasteiger partial charge in [0.25, 0.3) is 5.91 Å². The van der Waals surface area contributed by atoms with Crippen LogP contribution in [-0.2, 0) is 12.6 Å². The summed E-state index contributed by atoms with van der Waals surface area (Å²) in [6, 6.07) is 28.1. The van der Waals surface area contributed by atoms with Crippen LogP contribution in [-0.4, -0.2) is 20.4 Å². The number of imidazole rings is 1. The summed E-state index contributed by atoms with van der Waals surface area (Å²) in [4.78, 5) is 27.0. The van der Waals surface area contributed by atoms with Crippen LogP contribution in [0.15, 0.2) is 117 Å². The number of nitrogens with zero attached hydrogens (tertiary/aromatic N) is 3. The molecule has 5 rings (SSSR count). The third-order valence-electron chi connectivity index (χ3n) is 5.82. The summed E-state index contributed by atoms with van der Waals surface area (Å²) in [5, 5.41) is 3.27. The summed E-state index contributed by atoms with van der Waals surface area (Å²) in [5.41, 5.74) is 1.83. The molecule has 5 nitrogen and oxygen atoms in total. The van der Waals surface area contributed by atoms with E-state index < -0.39 is 5.54 Å². The van der Waals surface area contributed by atoms with Gasteiger partial charge in [-0.3, -0.25) is 9.78 Å². The van der Waals surface area contributed by atoms with E-state index in [1.54, 1.807) is 12.4 Å². The van der Waals surface area contributed by atoms with E-state index in [1.165, 1.54) is 23.5 Å². The molecule has 5 aromatic rings. The maximum Gasteiger partial charge on any atom is 0.254 e. The Morgan fingerprint density at radius 2 is 1.33 bits per heavy atom. The maximum atomic E-state index is 14.0. The van der Waals surface area contributed by atoms with Crippen LogP contribution in [0.4, 0.5) is 0 Å². The molecular weight excluding hydrogens is 484 g/mol. The van der Waals surface area contributed by atoms with Crippen LogP contribution in [0.2, 0.25) is 0 Å². The van der Waals surface area contributed by atoms with Crippen molar-refractivity contribution in [3.05, 3.63) is 109 Å². The molecule has 0 saturated heterocycles. The molecule has 0 radical (unpaired) electrons. The SMILES string of the molecule is Cn1c(C(C)(C)NC(=O)c2c(Sc3ccccc3)cncc2Sc2ccccc2)nc2ccccc21. The number of amides is 1. The molecule has 0 bridgehead atoms. The Bertz CT molecular complexity index is 1460. The molecule has 7 heteroatoms. The lowest BCUT2D eigenvalue weighted by Crippen LogP contribution is -2.43. The smallest absolute Gasteiger partial charge is 0.254 e. The fourth-order valence-electron chi connectivity index (χ4n) is 4.14. The Morgan fingerprint density at radius 3 is 1.89 bits per heavy atom. The molecule has 0 spiro atoms. The molecule has 0 unspecified atom stereocenters. The van der Waals surface area contributed by atoms with Gasteiger partial charge in [0.15, 0.2) is 0 Å². The highest BCUT2D eigenvalue weighted by atomic mass is 32.2. The van der Waals surface area contributed by atoms with Crippen LogP contribution in [0.1, 0.15) is 30.0 Å². The molecule has 1 amide bonds. The number of pyridine rings is 1. The summed E-state index contributed by atoms with van der Waals surface area (Å²) < 4.78 is 2.04. The summed E-state index contributed by atoms with van der Waals surface area (Å²) in [6.45, 7) is 3.97. The molecule has 180 valence electrons. The number of carbonyl (C=O) groups excluding carboxylic acids is 1. The van der Waals surface area contributed by atoms with Crippen LogP contribution in [0, 0.1) is 0 Å². The van der Waals surface area contributed by atoms with Gasteiger partial charge in [0, 0.05) is 39.0 Å². The zero-order chi connectivity index (χ0) is 25.1. The van der Waals surface area contributed by atoms with E-state index in [2.05, 4.69) is 10.3 Å². The standard InChI is InChI=1S/C29H26N4OS2/c1-29(2,28-31-22-16-10-11-17-23(22)33(28)3)32-27(34)26-24(35-20-12-6-4-7-13-20)18-30-19-25(26)36-21-14-8-5-9-15-21/h4-19H,1-3H3,(H,32,34). The number of para-hydroxylation sites is 2. The molecule has 3 aromatic carbocycles. The molecule has 0 atom stereocenters. The Labute approximate surface area is 219 Å². The van der Waals surface area contributed by atoms with E-state index in [4.69, 9.17) is 4.98 Å². The van der Waals surface area contributed by atoms with Gasteiger partial charge in [-0.1, -0.05) is 72.1 Å². The highest BCUT2D eigenvalue weighted by molar-refractivity contribution is 8.00. The van der Waals surface area contributed by atoms with Gasteiger partial charge in [-0.15, -0.1) is 0 Å². The lowest BCUT2D eigenvalue weighted by molar-refractivity contribution is 0.0901. The summed E-state index contributed by atoms with van der Waals surface area (Å²) in [7, 11) is 1.98. The summed E-state index contributed by atoms with van der Waals surface area (Å²) in [6.07, 6.45) is 3.54. The second-order valence-corrected chi connectivity index (χ2v) is 11.1. The Kier molecular flexibility index (Phi) is 6.85. The van der Waals surface area contributed by atoms with E-state index in [0.29, 0.717) is 5.56 Å². The minimum Gasteiger partial charge on any atom is -0.340 e. The number of nitrogens with one attached hydrogen (secondary N) is 1. The zero-order valence-corrected chi connectivity index (χ0v) is 21.9. The molecule has 2 aromatic heterocycles. The van der Waals surface area contributed by atoms with Gasteiger partial charge in [-0.25, -0.2) is 4.98 Å². The summed E-state index contributed by atoms with van der Waals surface area (Å²) >= 11 is 3.08. The third kappa shape index (κ3) is 5.03. The van der Waals surface area contributed by atoms with Crippen molar-refractivity contribution < 1.29 is 4.79 Å². The molecule has 0 aliphatic heterocycles. The van der Waals surface area contributed by atoms with Crippen LogP contribution in [0.3, 0.4) is 0 Å². The van der Waals surface area contributed by atoms with Crippen molar-refractivity contribution in [2.75, 3.05) is 0 Å². The van der Waals surface area contributed by atoms with Crippen molar-refractivity contribution in [2.24, 2.45) is 7.05 Å². The number of aromatic nitrogens is 3. The second-order valence-electron chi connectivity index (χ2n) is 8.90. The predicted molar refractivity (Wildman–Crippen MR) is 147 cm³/mol. The average Bonchev–Trinajstić information content (AvgIpc) is 3.23.